The second kappa shape index (κ2) is 9.95. The molecule has 0 bridgehead atoms. The van der Waals surface area contributed by atoms with E-state index in [4.69, 9.17) is 11.6 Å². The molecule has 2 aromatic carbocycles. The van der Waals surface area contributed by atoms with Crippen molar-refractivity contribution in [1.82, 2.24) is 19.2 Å². The van der Waals surface area contributed by atoms with Crippen molar-refractivity contribution in [2.24, 2.45) is 0 Å². The van der Waals surface area contributed by atoms with Crippen LogP contribution < -0.4 is 0 Å². The number of pyridine rings is 1. The zero-order valence-electron chi connectivity index (χ0n) is 18.8. The molecule has 1 fully saturated rings. The number of imidazole rings is 1. The fourth-order valence-corrected chi connectivity index (χ4v) is 4.82. The third kappa shape index (κ3) is 4.83. The smallest absolute Gasteiger partial charge is 0.223 e. The summed E-state index contributed by atoms with van der Waals surface area (Å²) in [6.07, 6.45) is 3.65. The highest BCUT2D eigenvalue weighted by atomic mass is 35.5. The van der Waals surface area contributed by atoms with Crippen molar-refractivity contribution < 1.29 is 9.18 Å². The Hall–Kier alpha value is -3.22. The third-order valence-electron chi connectivity index (χ3n) is 6.49. The minimum Gasteiger partial charge on any atom is -0.340 e. The highest BCUT2D eigenvalue weighted by Crippen LogP contribution is 2.32. The molecule has 1 saturated heterocycles. The van der Waals surface area contributed by atoms with E-state index >= 15 is 0 Å². The third-order valence-corrected chi connectivity index (χ3v) is 6.71. The maximum atomic E-state index is 14.9. The molecule has 0 N–H and O–H groups in total. The van der Waals surface area contributed by atoms with Gasteiger partial charge in [0.05, 0.1) is 10.7 Å². The summed E-state index contributed by atoms with van der Waals surface area (Å²) >= 11 is 6.23. The standard InChI is InChI=1S/C27H26ClFN4O/c28-21-10-11-26-30-17-25(33(26)19-21)23(22-8-4-5-9-24(22)29)16-27(34)32-14-12-31(13-15-32)18-20-6-2-1-3-7-20/h1-11,17,19,23H,12-16,18H2. The van der Waals surface area contributed by atoms with E-state index in [0.717, 1.165) is 25.3 Å². The fourth-order valence-electron chi connectivity index (χ4n) is 4.66. The Kier molecular flexibility index (Phi) is 6.61. The second-order valence-corrected chi connectivity index (χ2v) is 9.12. The van der Waals surface area contributed by atoms with E-state index in [9.17, 15) is 9.18 Å². The molecule has 174 valence electrons. The van der Waals surface area contributed by atoms with Gasteiger partial charge in [-0.25, -0.2) is 9.37 Å². The molecule has 0 spiro atoms. The lowest BCUT2D eigenvalue weighted by Gasteiger charge is -2.35. The van der Waals surface area contributed by atoms with Gasteiger partial charge < -0.3 is 9.30 Å². The minimum atomic E-state index is -0.468. The number of amides is 1. The lowest BCUT2D eigenvalue weighted by molar-refractivity contribution is -0.133. The van der Waals surface area contributed by atoms with E-state index in [1.807, 2.05) is 33.6 Å². The zero-order valence-corrected chi connectivity index (χ0v) is 19.5. The van der Waals surface area contributed by atoms with Crippen LogP contribution in [0.25, 0.3) is 5.65 Å². The molecule has 5 rings (SSSR count). The van der Waals surface area contributed by atoms with Crippen molar-refractivity contribution in [3.8, 4) is 0 Å². The summed E-state index contributed by atoms with van der Waals surface area (Å²) < 4.78 is 16.7. The number of fused-ring (bicyclic) bond motifs is 1. The molecule has 1 unspecified atom stereocenters. The van der Waals surface area contributed by atoms with Crippen LogP contribution in [0.3, 0.4) is 0 Å². The normalized spacial score (nSPS) is 15.5. The molecule has 34 heavy (non-hydrogen) atoms. The SMILES string of the molecule is O=C(CC(c1ccccc1F)c1cnc2ccc(Cl)cn12)N1CCN(Cc2ccccc2)CC1. The van der Waals surface area contributed by atoms with Gasteiger partial charge in [-0.3, -0.25) is 9.69 Å². The summed E-state index contributed by atoms with van der Waals surface area (Å²) in [6, 6.07) is 20.6. The predicted molar refractivity (Wildman–Crippen MR) is 131 cm³/mol. The first-order chi connectivity index (χ1) is 16.6. The largest absolute Gasteiger partial charge is 0.340 e. The molecule has 0 radical (unpaired) electrons. The Labute approximate surface area is 203 Å². The van der Waals surface area contributed by atoms with E-state index in [1.165, 1.54) is 11.6 Å². The molecule has 3 heterocycles. The van der Waals surface area contributed by atoms with Gasteiger partial charge in [-0.1, -0.05) is 60.1 Å². The van der Waals surface area contributed by atoms with E-state index in [1.54, 1.807) is 36.7 Å². The molecular formula is C27H26ClFN4O. The van der Waals surface area contributed by atoms with Crippen molar-refractivity contribution in [2.75, 3.05) is 26.2 Å². The van der Waals surface area contributed by atoms with E-state index in [2.05, 4.69) is 22.0 Å². The Morgan fingerprint density at radius 3 is 2.47 bits per heavy atom. The molecule has 1 aliphatic rings. The average Bonchev–Trinajstić information content (AvgIpc) is 3.27. The molecule has 1 atom stereocenters. The number of hydrogen-bond donors (Lipinski definition) is 0. The van der Waals surface area contributed by atoms with Crippen molar-refractivity contribution in [3.05, 3.63) is 107 Å². The summed E-state index contributed by atoms with van der Waals surface area (Å²) in [4.78, 5) is 22.1. The lowest BCUT2D eigenvalue weighted by atomic mass is 9.91. The minimum absolute atomic E-state index is 0.0181. The van der Waals surface area contributed by atoms with Crippen LogP contribution in [0.2, 0.25) is 5.02 Å². The number of aromatic nitrogens is 2. The van der Waals surface area contributed by atoms with Gasteiger partial charge in [0, 0.05) is 57.5 Å². The molecule has 2 aromatic heterocycles. The average molecular weight is 477 g/mol. The van der Waals surface area contributed by atoms with Gasteiger partial charge in [-0.15, -0.1) is 0 Å². The van der Waals surface area contributed by atoms with Crippen LogP contribution in [0.1, 0.15) is 29.2 Å². The van der Waals surface area contributed by atoms with Gasteiger partial charge in [0.25, 0.3) is 0 Å². The molecule has 1 amide bonds. The molecule has 0 saturated carbocycles. The number of carbonyl (C=O) groups is 1. The highest BCUT2D eigenvalue weighted by Gasteiger charge is 2.28. The lowest BCUT2D eigenvalue weighted by Crippen LogP contribution is -2.48. The highest BCUT2D eigenvalue weighted by molar-refractivity contribution is 6.30. The molecule has 0 aliphatic carbocycles. The van der Waals surface area contributed by atoms with E-state index in [-0.39, 0.29) is 18.1 Å². The zero-order chi connectivity index (χ0) is 23.5. The summed E-state index contributed by atoms with van der Waals surface area (Å²) in [5, 5.41) is 0.555. The van der Waals surface area contributed by atoms with Crippen LogP contribution >= 0.6 is 11.6 Å². The van der Waals surface area contributed by atoms with Crippen molar-refractivity contribution in [3.63, 3.8) is 0 Å². The fraction of sp³-hybridized carbons (Fsp3) is 0.259. The van der Waals surface area contributed by atoms with Crippen LogP contribution in [0.15, 0.2) is 79.1 Å². The van der Waals surface area contributed by atoms with Gasteiger partial charge in [0.2, 0.25) is 5.91 Å². The van der Waals surface area contributed by atoms with E-state index < -0.39 is 5.92 Å². The quantitative estimate of drug-likeness (QED) is 0.393. The maximum Gasteiger partial charge on any atom is 0.223 e. The van der Waals surface area contributed by atoms with Crippen molar-refractivity contribution in [2.45, 2.75) is 18.9 Å². The second-order valence-electron chi connectivity index (χ2n) is 8.68. The van der Waals surface area contributed by atoms with E-state index in [0.29, 0.717) is 29.3 Å². The monoisotopic (exact) mass is 476 g/mol. The van der Waals surface area contributed by atoms with Gasteiger partial charge >= 0.3 is 0 Å². The summed E-state index contributed by atoms with van der Waals surface area (Å²) in [5.74, 6) is -0.779. The van der Waals surface area contributed by atoms with Gasteiger partial charge in [0.1, 0.15) is 11.5 Å². The van der Waals surface area contributed by atoms with Gasteiger partial charge in [-0.05, 0) is 29.3 Å². The summed E-state index contributed by atoms with van der Waals surface area (Å²) in [6.45, 7) is 3.83. The van der Waals surface area contributed by atoms with Crippen molar-refractivity contribution >= 4 is 23.2 Å². The summed E-state index contributed by atoms with van der Waals surface area (Å²) in [5.41, 5.74) is 3.22. The predicted octanol–water partition coefficient (Wildman–Crippen LogP) is 4.99. The van der Waals surface area contributed by atoms with Gasteiger partial charge in [0.15, 0.2) is 0 Å². The molecule has 1 aliphatic heterocycles. The first kappa shape index (κ1) is 22.6. The van der Waals surface area contributed by atoms with Crippen LogP contribution in [0, 0.1) is 5.82 Å². The molecule has 5 nitrogen and oxygen atoms in total. The Balaban J connectivity index is 1.34. The van der Waals surface area contributed by atoms with Crippen LogP contribution in [0.5, 0.6) is 0 Å². The molecular weight excluding hydrogens is 451 g/mol. The van der Waals surface area contributed by atoms with Gasteiger partial charge in [-0.2, -0.15) is 0 Å². The number of carbonyl (C=O) groups excluding carboxylic acids is 1. The Morgan fingerprint density at radius 1 is 0.971 bits per heavy atom. The molecule has 4 aromatic rings. The summed E-state index contributed by atoms with van der Waals surface area (Å²) in [7, 11) is 0. The van der Waals surface area contributed by atoms with Crippen molar-refractivity contribution in [1.29, 1.82) is 0 Å². The Morgan fingerprint density at radius 2 is 1.71 bits per heavy atom. The molecule has 7 heteroatoms. The number of piperazine rings is 1. The number of halogens is 2. The number of rotatable bonds is 6. The van der Waals surface area contributed by atoms with Crippen LogP contribution in [-0.2, 0) is 11.3 Å². The maximum absolute atomic E-state index is 14.9. The Bertz CT molecular complexity index is 1280. The topological polar surface area (TPSA) is 40.9 Å². The van der Waals surface area contributed by atoms with Crippen LogP contribution in [0.4, 0.5) is 4.39 Å². The first-order valence-corrected chi connectivity index (χ1v) is 11.9. The van der Waals surface area contributed by atoms with Crippen LogP contribution in [-0.4, -0.2) is 51.3 Å². The number of benzene rings is 2. The first-order valence-electron chi connectivity index (χ1n) is 11.5. The number of nitrogens with zero attached hydrogens (tertiary/aromatic N) is 4. The number of hydrogen-bond acceptors (Lipinski definition) is 3.